The number of amides is 1. The first-order valence-electron chi connectivity index (χ1n) is 5.71. The van der Waals surface area contributed by atoms with Crippen LogP contribution in [0.1, 0.15) is 16.8 Å². The number of hydrogen-bond acceptors (Lipinski definition) is 4. The van der Waals surface area contributed by atoms with E-state index in [1.807, 2.05) is 0 Å². The molecule has 1 saturated heterocycles. The van der Waals surface area contributed by atoms with Gasteiger partial charge in [-0.2, -0.15) is 0 Å². The topological polar surface area (TPSA) is 58.2 Å². The van der Waals surface area contributed by atoms with Crippen molar-refractivity contribution in [1.29, 1.82) is 0 Å². The number of carbonyl (C=O) groups is 2. The first-order chi connectivity index (χ1) is 9.47. The molecule has 1 aromatic rings. The van der Waals surface area contributed by atoms with Gasteiger partial charge in [0.1, 0.15) is 0 Å². The van der Waals surface area contributed by atoms with Crippen LogP contribution >= 0.6 is 47.2 Å². The molecule has 2 rings (SSSR count). The van der Waals surface area contributed by atoms with Crippen LogP contribution in [0.2, 0.25) is 10.0 Å². The first kappa shape index (κ1) is 15.6. The van der Waals surface area contributed by atoms with Crippen molar-refractivity contribution >= 4 is 63.3 Å². The van der Waals surface area contributed by atoms with Gasteiger partial charge in [0, 0.05) is 10.8 Å². The van der Waals surface area contributed by atoms with Gasteiger partial charge in [-0.25, -0.2) is 0 Å². The van der Waals surface area contributed by atoms with E-state index >= 15 is 0 Å². The summed E-state index contributed by atoms with van der Waals surface area (Å²) in [4.78, 5) is 23.4. The summed E-state index contributed by atoms with van der Waals surface area (Å²) in [6.07, 6.45) is 0.696. The standard InChI is InChI=1S/C12H10Cl2N2O2S2/c13-6-1-2-7(8(14)5-6)10(17)16-12(19)15-9-3-4-20-11(9)18/h1-2,5,9H,3-4H2,(H2,15,16,17,19)/t9-/m0/s1. The number of halogens is 2. The maximum Gasteiger partial charge on any atom is 0.258 e. The summed E-state index contributed by atoms with van der Waals surface area (Å²) in [5, 5.41) is 6.15. The fraction of sp³-hybridized carbons (Fsp3) is 0.250. The van der Waals surface area contributed by atoms with E-state index in [-0.39, 0.29) is 26.9 Å². The summed E-state index contributed by atoms with van der Waals surface area (Å²) in [6.45, 7) is 0. The molecule has 0 aliphatic carbocycles. The maximum absolute atomic E-state index is 12.0. The molecule has 1 amide bonds. The molecule has 0 spiro atoms. The Bertz CT molecular complexity index is 581. The van der Waals surface area contributed by atoms with E-state index in [0.717, 1.165) is 5.75 Å². The van der Waals surface area contributed by atoms with Crippen LogP contribution in [0.5, 0.6) is 0 Å². The van der Waals surface area contributed by atoms with Gasteiger partial charge < -0.3 is 5.32 Å². The quantitative estimate of drug-likeness (QED) is 0.804. The van der Waals surface area contributed by atoms with E-state index in [9.17, 15) is 9.59 Å². The van der Waals surface area contributed by atoms with E-state index in [1.54, 1.807) is 6.07 Å². The van der Waals surface area contributed by atoms with Gasteiger partial charge in [0.25, 0.3) is 5.91 Å². The monoisotopic (exact) mass is 348 g/mol. The van der Waals surface area contributed by atoms with E-state index in [4.69, 9.17) is 35.4 Å². The van der Waals surface area contributed by atoms with Crippen LogP contribution < -0.4 is 10.6 Å². The van der Waals surface area contributed by atoms with Crippen molar-refractivity contribution in [3.8, 4) is 0 Å². The molecular formula is C12H10Cl2N2O2S2. The van der Waals surface area contributed by atoms with Crippen molar-refractivity contribution in [2.24, 2.45) is 0 Å². The summed E-state index contributed by atoms with van der Waals surface area (Å²) in [5.74, 6) is 0.318. The lowest BCUT2D eigenvalue weighted by Crippen LogP contribution is -2.45. The number of thiocarbonyl (C=S) groups is 1. The fourth-order valence-corrected chi connectivity index (χ4v) is 3.33. The summed E-state index contributed by atoms with van der Waals surface area (Å²) in [7, 11) is 0. The lowest BCUT2D eigenvalue weighted by atomic mass is 10.2. The number of rotatable bonds is 2. The first-order valence-corrected chi connectivity index (χ1v) is 7.86. The molecule has 0 aromatic heterocycles. The van der Waals surface area contributed by atoms with Crippen LogP contribution in [0.15, 0.2) is 18.2 Å². The zero-order valence-corrected chi connectivity index (χ0v) is 13.3. The van der Waals surface area contributed by atoms with Gasteiger partial charge in [-0.05, 0) is 36.8 Å². The second-order valence-electron chi connectivity index (χ2n) is 4.06. The molecule has 0 saturated carbocycles. The summed E-state index contributed by atoms with van der Waals surface area (Å²) in [5.41, 5.74) is 0.271. The van der Waals surface area contributed by atoms with Crippen molar-refractivity contribution < 1.29 is 9.59 Å². The van der Waals surface area contributed by atoms with Crippen molar-refractivity contribution in [3.63, 3.8) is 0 Å². The van der Waals surface area contributed by atoms with E-state index in [2.05, 4.69) is 10.6 Å². The molecule has 2 N–H and O–H groups in total. The molecule has 106 valence electrons. The van der Waals surface area contributed by atoms with E-state index in [1.165, 1.54) is 23.9 Å². The van der Waals surface area contributed by atoms with Crippen LogP contribution in [-0.2, 0) is 4.79 Å². The van der Waals surface area contributed by atoms with Gasteiger partial charge in [0.2, 0.25) is 5.12 Å². The average molecular weight is 349 g/mol. The van der Waals surface area contributed by atoms with Gasteiger partial charge in [-0.1, -0.05) is 35.0 Å². The van der Waals surface area contributed by atoms with Gasteiger partial charge >= 0.3 is 0 Å². The Hall–Kier alpha value is -0.820. The van der Waals surface area contributed by atoms with Gasteiger partial charge in [0.15, 0.2) is 5.11 Å². The van der Waals surface area contributed by atoms with Crippen LogP contribution in [0.25, 0.3) is 0 Å². The lowest BCUT2D eigenvalue weighted by Gasteiger charge is -2.13. The zero-order valence-electron chi connectivity index (χ0n) is 10.1. The van der Waals surface area contributed by atoms with Crippen LogP contribution in [0.3, 0.4) is 0 Å². The van der Waals surface area contributed by atoms with Crippen LogP contribution in [0.4, 0.5) is 0 Å². The molecule has 1 fully saturated rings. The maximum atomic E-state index is 12.0. The minimum absolute atomic E-state index is 0.0334. The second kappa shape index (κ2) is 6.76. The SMILES string of the molecule is O=C(NC(=S)N[C@H]1CCSC1=O)c1ccc(Cl)cc1Cl. The molecule has 0 bridgehead atoms. The number of carbonyl (C=O) groups excluding carboxylic acids is 2. The number of benzene rings is 1. The van der Waals surface area contributed by atoms with E-state index in [0.29, 0.717) is 11.4 Å². The molecule has 4 nitrogen and oxygen atoms in total. The molecule has 1 aromatic carbocycles. The van der Waals surface area contributed by atoms with Gasteiger partial charge in [0.05, 0.1) is 16.6 Å². The van der Waals surface area contributed by atoms with Crippen molar-refractivity contribution in [3.05, 3.63) is 33.8 Å². The summed E-state index contributed by atoms with van der Waals surface area (Å²) >= 11 is 18.0. The number of hydrogen-bond donors (Lipinski definition) is 2. The van der Waals surface area contributed by atoms with Crippen LogP contribution in [0, 0.1) is 0 Å². The van der Waals surface area contributed by atoms with Crippen molar-refractivity contribution in [2.45, 2.75) is 12.5 Å². The average Bonchev–Trinajstić information content (AvgIpc) is 2.74. The fourth-order valence-electron chi connectivity index (χ4n) is 1.67. The summed E-state index contributed by atoms with van der Waals surface area (Å²) in [6, 6.07) is 4.22. The van der Waals surface area contributed by atoms with Crippen LogP contribution in [-0.4, -0.2) is 27.9 Å². The zero-order chi connectivity index (χ0) is 14.7. The predicted octanol–water partition coefficient (Wildman–Crippen LogP) is 2.63. The van der Waals surface area contributed by atoms with Gasteiger partial charge in [-0.3, -0.25) is 14.9 Å². The van der Waals surface area contributed by atoms with E-state index < -0.39 is 5.91 Å². The number of nitrogens with one attached hydrogen (secondary N) is 2. The van der Waals surface area contributed by atoms with Crippen molar-refractivity contribution in [1.82, 2.24) is 10.6 Å². The third kappa shape index (κ3) is 3.85. The lowest BCUT2D eigenvalue weighted by molar-refractivity contribution is -0.111. The Morgan fingerprint density at radius 1 is 1.40 bits per heavy atom. The molecular weight excluding hydrogens is 339 g/mol. The number of thioether (sulfide) groups is 1. The predicted molar refractivity (Wildman–Crippen MR) is 85.5 cm³/mol. The third-order valence-electron chi connectivity index (χ3n) is 2.64. The summed E-state index contributed by atoms with van der Waals surface area (Å²) < 4.78 is 0. The second-order valence-corrected chi connectivity index (χ2v) is 6.41. The molecule has 8 heteroatoms. The largest absolute Gasteiger partial charge is 0.352 e. The normalized spacial score (nSPS) is 17.9. The highest BCUT2D eigenvalue weighted by Gasteiger charge is 2.26. The smallest absolute Gasteiger partial charge is 0.258 e. The molecule has 1 atom stereocenters. The molecule has 1 aliphatic rings. The highest BCUT2D eigenvalue weighted by molar-refractivity contribution is 8.14. The molecule has 1 heterocycles. The van der Waals surface area contributed by atoms with Crippen molar-refractivity contribution in [2.75, 3.05) is 5.75 Å². The Kier molecular flexibility index (Phi) is 5.26. The molecule has 1 aliphatic heterocycles. The highest BCUT2D eigenvalue weighted by Crippen LogP contribution is 2.21. The minimum Gasteiger partial charge on any atom is -0.352 e. The molecule has 20 heavy (non-hydrogen) atoms. The molecule has 0 radical (unpaired) electrons. The Balaban J connectivity index is 1.97. The Morgan fingerprint density at radius 2 is 2.15 bits per heavy atom. The highest BCUT2D eigenvalue weighted by atomic mass is 35.5. The Morgan fingerprint density at radius 3 is 2.75 bits per heavy atom. The molecule has 0 unspecified atom stereocenters. The minimum atomic E-state index is -0.442. The van der Waals surface area contributed by atoms with Gasteiger partial charge in [-0.15, -0.1) is 0 Å². The third-order valence-corrected chi connectivity index (χ3v) is 4.42. The Labute approximate surface area is 135 Å².